The molecule has 0 spiro atoms. The average Bonchev–Trinajstić information content (AvgIpc) is 2.96. The van der Waals surface area contributed by atoms with Gasteiger partial charge in [-0.1, -0.05) is 36.7 Å². The zero-order valence-corrected chi connectivity index (χ0v) is 14.4. The van der Waals surface area contributed by atoms with Gasteiger partial charge in [0.05, 0.1) is 23.8 Å². The molecule has 0 fully saturated rings. The van der Waals surface area contributed by atoms with Crippen LogP contribution in [0.25, 0.3) is 11.0 Å². The van der Waals surface area contributed by atoms with Gasteiger partial charge in [-0.3, -0.25) is 4.79 Å². The van der Waals surface area contributed by atoms with Gasteiger partial charge in [-0.25, -0.2) is 4.98 Å². The lowest BCUT2D eigenvalue weighted by molar-refractivity contribution is -0.120. The molecule has 0 aliphatic rings. The molecule has 1 N–H and O–H groups in total. The first kappa shape index (κ1) is 16.5. The molecule has 1 heterocycles. The van der Waals surface area contributed by atoms with E-state index in [2.05, 4.69) is 27.9 Å². The summed E-state index contributed by atoms with van der Waals surface area (Å²) in [7, 11) is 0. The number of amides is 1. The van der Waals surface area contributed by atoms with Crippen LogP contribution in [-0.2, 0) is 24.3 Å². The van der Waals surface area contributed by atoms with E-state index in [9.17, 15) is 4.79 Å². The molecule has 0 radical (unpaired) electrons. The maximum atomic E-state index is 12.1. The third-order valence-electron chi connectivity index (χ3n) is 3.89. The number of hydrogen-bond donors (Lipinski definition) is 1. The Bertz CT molecular complexity index is 857. The van der Waals surface area contributed by atoms with Crippen LogP contribution in [0.2, 0.25) is 5.02 Å². The Labute approximate surface area is 146 Å². The van der Waals surface area contributed by atoms with Crippen LogP contribution >= 0.6 is 11.6 Å². The number of nitrogens with zero attached hydrogens (tertiary/aromatic N) is 2. The molecule has 5 heteroatoms. The van der Waals surface area contributed by atoms with Gasteiger partial charge in [-0.15, -0.1) is 0 Å². The van der Waals surface area contributed by atoms with E-state index in [1.54, 1.807) is 6.07 Å². The Kier molecular flexibility index (Phi) is 5.16. The molecule has 1 amide bonds. The van der Waals surface area contributed by atoms with Crippen LogP contribution in [-0.4, -0.2) is 15.5 Å². The highest BCUT2D eigenvalue weighted by Crippen LogP contribution is 2.16. The second kappa shape index (κ2) is 7.49. The first-order chi connectivity index (χ1) is 11.7. The Morgan fingerprint density at radius 3 is 2.88 bits per heavy atom. The second-order valence-corrected chi connectivity index (χ2v) is 6.28. The van der Waals surface area contributed by atoms with Crippen molar-refractivity contribution in [3.05, 3.63) is 64.9 Å². The molecule has 4 nitrogen and oxygen atoms in total. The van der Waals surface area contributed by atoms with Crippen molar-refractivity contribution in [3.8, 4) is 0 Å². The number of imidazole rings is 1. The van der Waals surface area contributed by atoms with Gasteiger partial charge < -0.3 is 9.88 Å². The van der Waals surface area contributed by atoms with E-state index in [0.29, 0.717) is 18.0 Å². The summed E-state index contributed by atoms with van der Waals surface area (Å²) in [5.74, 6) is -0.0196. The predicted octanol–water partition coefficient (Wildman–Crippen LogP) is 3.96. The van der Waals surface area contributed by atoms with E-state index in [1.807, 2.05) is 36.7 Å². The molecule has 0 atom stereocenters. The molecule has 3 aromatic rings. The third kappa shape index (κ3) is 3.95. The van der Waals surface area contributed by atoms with Crippen LogP contribution in [0.5, 0.6) is 0 Å². The lowest BCUT2D eigenvalue weighted by atomic mass is 10.1. The molecule has 0 saturated heterocycles. The number of carbonyl (C=O) groups is 1. The summed E-state index contributed by atoms with van der Waals surface area (Å²) in [6.07, 6.45) is 3.27. The number of fused-ring (bicyclic) bond motifs is 1. The molecular formula is C19H20ClN3O. The van der Waals surface area contributed by atoms with Crippen molar-refractivity contribution in [2.24, 2.45) is 0 Å². The van der Waals surface area contributed by atoms with Gasteiger partial charge >= 0.3 is 0 Å². The normalized spacial score (nSPS) is 10.9. The van der Waals surface area contributed by atoms with E-state index < -0.39 is 0 Å². The molecular weight excluding hydrogens is 322 g/mol. The van der Waals surface area contributed by atoms with E-state index in [1.165, 1.54) is 0 Å². The van der Waals surface area contributed by atoms with E-state index >= 15 is 0 Å². The summed E-state index contributed by atoms with van der Waals surface area (Å²) in [6, 6.07) is 13.5. The number of aromatic nitrogens is 2. The van der Waals surface area contributed by atoms with Gasteiger partial charge in [0, 0.05) is 18.1 Å². The second-order valence-electron chi connectivity index (χ2n) is 5.84. The fourth-order valence-electron chi connectivity index (χ4n) is 2.73. The van der Waals surface area contributed by atoms with Gasteiger partial charge in [0.15, 0.2) is 0 Å². The van der Waals surface area contributed by atoms with Crippen molar-refractivity contribution in [1.82, 2.24) is 14.9 Å². The lowest BCUT2D eigenvalue weighted by Gasteiger charge is -2.07. The van der Waals surface area contributed by atoms with Crippen LogP contribution < -0.4 is 5.32 Å². The highest BCUT2D eigenvalue weighted by atomic mass is 35.5. The Morgan fingerprint density at radius 1 is 1.21 bits per heavy atom. The van der Waals surface area contributed by atoms with Gasteiger partial charge in [0.1, 0.15) is 0 Å². The monoisotopic (exact) mass is 341 g/mol. The van der Waals surface area contributed by atoms with E-state index in [0.717, 1.165) is 35.1 Å². The number of halogens is 1. The summed E-state index contributed by atoms with van der Waals surface area (Å²) in [6.45, 7) is 3.61. The SMILES string of the molecule is CCCn1cnc2cc(CNC(=O)Cc3cccc(Cl)c3)ccc21. The molecule has 1 aromatic heterocycles. The first-order valence-corrected chi connectivity index (χ1v) is 8.48. The van der Waals surface area contributed by atoms with E-state index in [-0.39, 0.29) is 5.91 Å². The summed E-state index contributed by atoms with van der Waals surface area (Å²) in [5, 5.41) is 3.59. The van der Waals surface area contributed by atoms with Crippen molar-refractivity contribution < 1.29 is 4.79 Å². The number of benzene rings is 2. The quantitative estimate of drug-likeness (QED) is 0.737. The van der Waals surface area contributed by atoms with Crippen LogP contribution in [0, 0.1) is 0 Å². The highest BCUT2D eigenvalue weighted by molar-refractivity contribution is 6.30. The Hall–Kier alpha value is -2.33. The number of aryl methyl sites for hydroxylation is 1. The Morgan fingerprint density at radius 2 is 2.08 bits per heavy atom. The predicted molar refractivity (Wildman–Crippen MR) is 97.0 cm³/mol. The third-order valence-corrected chi connectivity index (χ3v) is 4.13. The van der Waals surface area contributed by atoms with Gasteiger partial charge in [0.2, 0.25) is 5.91 Å². The standard InChI is InChI=1S/C19H20ClN3O/c1-2-8-23-13-22-17-10-15(6-7-18(17)23)12-21-19(24)11-14-4-3-5-16(20)9-14/h3-7,9-10,13H,2,8,11-12H2,1H3,(H,21,24). The molecule has 3 rings (SSSR count). The summed E-state index contributed by atoms with van der Waals surface area (Å²) < 4.78 is 2.15. The smallest absolute Gasteiger partial charge is 0.224 e. The maximum Gasteiger partial charge on any atom is 0.224 e. The number of carbonyl (C=O) groups excluding carboxylic acids is 1. The molecule has 0 saturated carbocycles. The molecule has 124 valence electrons. The average molecular weight is 342 g/mol. The summed E-state index contributed by atoms with van der Waals surface area (Å²) >= 11 is 5.94. The van der Waals surface area contributed by atoms with Crippen molar-refractivity contribution in [3.63, 3.8) is 0 Å². The molecule has 0 bridgehead atoms. The molecule has 24 heavy (non-hydrogen) atoms. The first-order valence-electron chi connectivity index (χ1n) is 8.10. The largest absolute Gasteiger partial charge is 0.352 e. The van der Waals surface area contributed by atoms with E-state index in [4.69, 9.17) is 11.6 Å². The van der Waals surface area contributed by atoms with Crippen LogP contribution in [0.4, 0.5) is 0 Å². The van der Waals surface area contributed by atoms with Crippen LogP contribution in [0.3, 0.4) is 0 Å². The van der Waals surface area contributed by atoms with Crippen molar-refractivity contribution in [2.45, 2.75) is 32.9 Å². The molecule has 0 unspecified atom stereocenters. The van der Waals surface area contributed by atoms with Crippen molar-refractivity contribution >= 4 is 28.5 Å². The van der Waals surface area contributed by atoms with Crippen molar-refractivity contribution in [1.29, 1.82) is 0 Å². The van der Waals surface area contributed by atoms with Crippen molar-refractivity contribution in [2.75, 3.05) is 0 Å². The minimum Gasteiger partial charge on any atom is -0.352 e. The zero-order chi connectivity index (χ0) is 16.9. The number of nitrogens with one attached hydrogen (secondary N) is 1. The fourth-order valence-corrected chi connectivity index (χ4v) is 2.95. The Balaban J connectivity index is 1.61. The molecule has 0 aliphatic heterocycles. The fraction of sp³-hybridized carbons (Fsp3) is 0.263. The molecule has 2 aromatic carbocycles. The maximum absolute atomic E-state index is 12.1. The summed E-state index contributed by atoms with van der Waals surface area (Å²) in [5.41, 5.74) is 4.05. The van der Waals surface area contributed by atoms with Crippen LogP contribution in [0.1, 0.15) is 24.5 Å². The summed E-state index contributed by atoms with van der Waals surface area (Å²) in [4.78, 5) is 16.5. The van der Waals surface area contributed by atoms with Gasteiger partial charge in [-0.05, 0) is 41.8 Å². The number of rotatable bonds is 6. The minimum atomic E-state index is -0.0196. The molecule has 0 aliphatic carbocycles. The minimum absolute atomic E-state index is 0.0196. The number of hydrogen-bond acceptors (Lipinski definition) is 2. The van der Waals surface area contributed by atoms with Crippen LogP contribution in [0.15, 0.2) is 48.8 Å². The van der Waals surface area contributed by atoms with Gasteiger partial charge in [-0.2, -0.15) is 0 Å². The zero-order valence-electron chi connectivity index (χ0n) is 13.6. The highest BCUT2D eigenvalue weighted by Gasteiger charge is 2.06. The van der Waals surface area contributed by atoms with Gasteiger partial charge in [0.25, 0.3) is 0 Å². The lowest BCUT2D eigenvalue weighted by Crippen LogP contribution is -2.24. The topological polar surface area (TPSA) is 46.9 Å².